The molecule has 0 amide bonds. The van der Waals surface area contributed by atoms with Crippen molar-refractivity contribution in [2.24, 2.45) is 0 Å². The molecule has 0 radical (unpaired) electrons. The third kappa shape index (κ3) is 2.67. The van der Waals surface area contributed by atoms with Crippen LogP contribution in [0.5, 0.6) is 0 Å². The predicted molar refractivity (Wildman–Crippen MR) is 82.7 cm³/mol. The van der Waals surface area contributed by atoms with Gasteiger partial charge >= 0.3 is 0 Å². The molecule has 0 spiro atoms. The highest BCUT2D eigenvalue weighted by Crippen LogP contribution is 2.25. The van der Waals surface area contributed by atoms with Gasteiger partial charge in [-0.3, -0.25) is 4.90 Å². The van der Waals surface area contributed by atoms with Gasteiger partial charge in [0.25, 0.3) is 5.71 Å². The van der Waals surface area contributed by atoms with E-state index in [4.69, 9.17) is 8.94 Å². The molecule has 116 valence electrons. The molecule has 0 aliphatic carbocycles. The quantitative estimate of drug-likeness (QED) is 0.775. The van der Waals surface area contributed by atoms with Gasteiger partial charge in [0.2, 0.25) is 0 Å². The number of hydrogen-bond donors (Lipinski definition) is 1. The fraction of sp³-hybridized carbons (Fsp3) is 0.400. The van der Waals surface area contributed by atoms with Crippen molar-refractivity contribution in [2.75, 3.05) is 26.0 Å². The summed E-state index contributed by atoms with van der Waals surface area (Å²) in [6.07, 6.45) is 1.47. The lowest BCUT2D eigenvalue weighted by molar-refractivity contribution is 0.266. The fourth-order valence-electron chi connectivity index (χ4n) is 2.42. The molecule has 0 saturated carbocycles. The minimum atomic E-state index is 0.0962. The second kappa shape index (κ2) is 5.76. The van der Waals surface area contributed by atoms with Gasteiger partial charge in [0.1, 0.15) is 29.1 Å². The first-order chi connectivity index (χ1) is 10.6. The monoisotopic (exact) mass is 301 g/mol. The molecule has 1 N–H and O–H groups in total. The Morgan fingerprint density at radius 3 is 2.73 bits per heavy atom. The Labute approximate surface area is 128 Å². The normalized spacial score (nSPS) is 13.0. The molecule has 0 aliphatic heterocycles. The molecular formula is C15H19N5O2. The highest BCUT2D eigenvalue weighted by molar-refractivity contribution is 5.87. The lowest BCUT2D eigenvalue weighted by atomic mass is 10.2. The summed E-state index contributed by atoms with van der Waals surface area (Å²) in [6.45, 7) is 4.47. The summed E-state index contributed by atoms with van der Waals surface area (Å²) < 4.78 is 10.9. The molecule has 3 heterocycles. The SMILES string of the molecule is Cc1ccc(C(CNc2ncnc3onc(C)c23)N(C)C)o1. The molecule has 1 unspecified atom stereocenters. The largest absolute Gasteiger partial charge is 0.465 e. The Bertz CT molecular complexity index is 777. The lowest BCUT2D eigenvalue weighted by Gasteiger charge is -2.23. The van der Waals surface area contributed by atoms with Crippen molar-refractivity contribution in [1.82, 2.24) is 20.0 Å². The van der Waals surface area contributed by atoms with Crippen molar-refractivity contribution >= 4 is 16.9 Å². The number of anilines is 1. The molecule has 7 nitrogen and oxygen atoms in total. The van der Waals surface area contributed by atoms with Crippen LogP contribution in [0.3, 0.4) is 0 Å². The maximum atomic E-state index is 5.75. The summed E-state index contributed by atoms with van der Waals surface area (Å²) in [5.41, 5.74) is 1.26. The zero-order valence-electron chi connectivity index (χ0n) is 13.1. The van der Waals surface area contributed by atoms with Crippen molar-refractivity contribution in [2.45, 2.75) is 19.9 Å². The number of hydrogen-bond acceptors (Lipinski definition) is 7. The maximum Gasteiger partial charge on any atom is 0.263 e. The first-order valence-electron chi connectivity index (χ1n) is 7.10. The number of fused-ring (bicyclic) bond motifs is 1. The lowest BCUT2D eigenvalue weighted by Crippen LogP contribution is -2.26. The second-order valence-electron chi connectivity index (χ2n) is 5.48. The molecule has 0 saturated heterocycles. The van der Waals surface area contributed by atoms with E-state index in [1.165, 1.54) is 6.33 Å². The van der Waals surface area contributed by atoms with Crippen molar-refractivity contribution in [1.29, 1.82) is 0 Å². The zero-order valence-corrected chi connectivity index (χ0v) is 13.1. The van der Waals surface area contributed by atoms with E-state index in [0.717, 1.165) is 28.4 Å². The Hall–Kier alpha value is -2.41. The summed E-state index contributed by atoms with van der Waals surface area (Å²) in [5.74, 6) is 2.54. The van der Waals surface area contributed by atoms with Crippen LogP contribution in [0.1, 0.15) is 23.3 Å². The number of nitrogens with zero attached hydrogens (tertiary/aromatic N) is 4. The number of nitrogens with one attached hydrogen (secondary N) is 1. The average molecular weight is 301 g/mol. The molecule has 3 rings (SSSR count). The van der Waals surface area contributed by atoms with Gasteiger partial charge in [-0.25, -0.2) is 4.98 Å². The molecular weight excluding hydrogens is 282 g/mol. The van der Waals surface area contributed by atoms with Crippen LogP contribution >= 0.6 is 0 Å². The van der Waals surface area contributed by atoms with Crippen molar-refractivity contribution in [3.8, 4) is 0 Å². The first kappa shape index (κ1) is 14.5. The molecule has 3 aromatic rings. The van der Waals surface area contributed by atoms with Gasteiger partial charge in [0, 0.05) is 6.54 Å². The summed E-state index contributed by atoms with van der Waals surface area (Å²) >= 11 is 0. The second-order valence-corrected chi connectivity index (χ2v) is 5.48. The minimum absolute atomic E-state index is 0.0962. The Morgan fingerprint density at radius 1 is 1.23 bits per heavy atom. The van der Waals surface area contributed by atoms with Crippen molar-refractivity contribution in [3.63, 3.8) is 0 Å². The third-order valence-corrected chi connectivity index (χ3v) is 3.62. The zero-order chi connectivity index (χ0) is 15.7. The molecule has 7 heteroatoms. The summed E-state index contributed by atoms with van der Waals surface area (Å²) in [4.78, 5) is 10.5. The van der Waals surface area contributed by atoms with Crippen LogP contribution in [0, 0.1) is 13.8 Å². The smallest absolute Gasteiger partial charge is 0.263 e. The summed E-state index contributed by atoms with van der Waals surface area (Å²) in [5, 5.41) is 8.10. The van der Waals surface area contributed by atoms with E-state index in [-0.39, 0.29) is 6.04 Å². The first-order valence-corrected chi connectivity index (χ1v) is 7.10. The Balaban J connectivity index is 1.84. The number of aryl methyl sites for hydroxylation is 2. The maximum absolute atomic E-state index is 5.75. The van der Waals surface area contributed by atoms with Crippen LogP contribution in [0.2, 0.25) is 0 Å². The van der Waals surface area contributed by atoms with E-state index in [2.05, 4.69) is 25.3 Å². The van der Waals surface area contributed by atoms with Gasteiger partial charge in [0.05, 0.1) is 11.7 Å². The topological polar surface area (TPSA) is 80.2 Å². The van der Waals surface area contributed by atoms with E-state index in [0.29, 0.717) is 12.3 Å². The Morgan fingerprint density at radius 2 is 2.05 bits per heavy atom. The van der Waals surface area contributed by atoms with Gasteiger partial charge in [0.15, 0.2) is 0 Å². The number of likely N-dealkylation sites (N-methyl/N-ethyl adjacent to an activating group) is 1. The van der Waals surface area contributed by atoms with Gasteiger partial charge < -0.3 is 14.3 Å². The molecule has 1 atom stereocenters. The van der Waals surface area contributed by atoms with Gasteiger partial charge in [-0.15, -0.1) is 0 Å². The summed E-state index contributed by atoms with van der Waals surface area (Å²) in [7, 11) is 4.04. The van der Waals surface area contributed by atoms with Crippen molar-refractivity contribution in [3.05, 3.63) is 35.7 Å². The predicted octanol–water partition coefficient (Wildman–Crippen LogP) is 2.54. The standard InChI is InChI=1S/C15H19N5O2/c1-9-5-6-12(21-9)11(20(3)4)7-16-14-13-10(2)19-22-15(13)18-8-17-14/h5-6,8,11H,7H2,1-4H3,(H,16,17,18). The van der Waals surface area contributed by atoms with E-state index in [1.54, 1.807) is 0 Å². The van der Waals surface area contributed by atoms with E-state index >= 15 is 0 Å². The Kier molecular flexibility index (Phi) is 3.81. The van der Waals surface area contributed by atoms with E-state index < -0.39 is 0 Å². The van der Waals surface area contributed by atoms with Crippen LogP contribution in [-0.2, 0) is 0 Å². The van der Waals surface area contributed by atoms with Crippen LogP contribution in [-0.4, -0.2) is 40.7 Å². The van der Waals surface area contributed by atoms with Crippen LogP contribution in [0.25, 0.3) is 11.1 Å². The molecule has 0 aliphatic rings. The molecule has 22 heavy (non-hydrogen) atoms. The highest BCUT2D eigenvalue weighted by atomic mass is 16.5. The number of rotatable bonds is 5. The average Bonchev–Trinajstić information content (AvgIpc) is 3.06. The minimum Gasteiger partial charge on any atom is -0.465 e. The van der Waals surface area contributed by atoms with Crippen molar-refractivity contribution < 1.29 is 8.94 Å². The molecule has 0 bridgehead atoms. The fourth-order valence-corrected chi connectivity index (χ4v) is 2.42. The highest BCUT2D eigenvalue weighted by Gasteiger charge is 2.19. The number of aromatic nitrogens is 3. The molecule has 0 fully saturated rings. The van der Waals surface area contributed by atoms with Gasteiger partial charge in [-0.05, 0) is 40.1 Å². The van der Waals surface area contributed by atoms with Crippen LogP contribution in [0.4, 0.5) is 5.82 Å². The summed E-state index contributed by atoms with van der Waals surface area (Å²) in [6, 6.07) is 4.07. The molecule has 3 aromatic heterocycles. The third-order valence-electron chi connectivity index (χ3n) is 3.62. The van der Waals surface area contributed by atoms with E-state index in [9.17, 15) is 0 Å². The van der Waals surface area contributed by atoms with Gasteiger partial charge in [-0.1, -0.05) is 5.16 Å². The van der Waals surface area contributed by atoms with E-state index in [1.807, 2.05) is 40.1 Å². The number of furan rings is 1. The molecule has 0 aromatic carbocycles. The van der Waals surface area contributed by atoms with Crippen LogP contribution < -0.4 is 5.32 Å². The van der Waals surface area contributed by atoms with Gasteiger partial charge in [-0.2, -0.15) is 4.98 Å². The van der Waals surface area contributed by atoms with Crippen LogP contribution in [0.15, 0.2) is 27.4 Å².